The molecule has 0 unspecified atom stereocenters. The number of hydrogen-bond donors (Lipinski definition) is 1. The van der Waals surface area contributed by atoms with Crippen molar-refractivity contribution in [3.63, 3.8) is 0 Å². The Morgan fingerprint density at radius 2 is 1.94 bits per heavy atom. The van der Waals surface area contributed by atoms with Crippen molar-refractivity contribution in [3.05, 3.63) is 0 Å². The Morgan fingerprint density at radius 1 is 1.38 bits per heavy atom. The van der Waals surface area contributed by atoms with Crippen LogP contribution < -0.4 is 0 Å². The van der Waals surface area contributed by atoms with E-state index in [-0.39, 0.29) is 0 Å². The third-order valence-electron chi connectivity index (χ3n) is 4.09. The lowest BCUT2D eigenvalue weighted by molar-refractivity contribution is -0.150. The van der Waals surface area contributed by atoms with Crippen LogP contribution in [0.3, 0.4) is 0 Å². The van der Waals surface area contributed by atoms with Crippen molar-refractivity contribution in [1.29, 1.82) is 0 Å². The highest BCUT2D eigenvalue weighted by atomic mass is 16.4. The monoisotopic (exact) mass is 227 g/mol. The molecule has 1 aliphatic rings. The van der Waals surface area contributed by atoms with E-state index in [0.29, 0.717) is 12.0 Å². The fourth-order valence-electron chi connectivity index (χ4n) is 2.63. The molecule has 0 bridgehead atoms. The van der Waals surface area contributed by atoms with Gasteiger partial charge in [0.2, 0.25) is 0 Å². The molecule has 94 valence electrons. The first-order valence-corrected chi connectivity index (χ1v) is 6.31. The van der Waals surface area contributed by atoms with Crippen LogP contribution in [0.15, 0.2) is 0 Å². The zero-order valence-electron chi connectivity index (χ0n) is 11.0. The highest BCUT2D eigenvalue weighted by molar-refractivity contribution is 5.74. The van der Waals surface area contributed by atoms with Gasteiger partial charge in [-0.1, -0.05) is 27.7 Å². The molecule has 1 fully saturated rings. The quantitative estimate of drug-likeness (QED) is 0.785. The van der Waals surface area contributed by atoms with E-state index >= 15 is 0 Å². The van der Waals surface area contributed by atoms with E-state index in [0.717, 1.165) is 25.9 Å². The summed E-state index contributed by atoms with van der Waals surface area (Å²) in [5, 5.41) is 9.39. The van der Waals surface area contributed by atoms with Crippen LogP contribution >= 0.6 is 0 Å². The van der Waals surface area contributed by atoms with Crippen molar-refractivity contribution in [2.24, 2.45) is 10.8 Å². The molecule has 16 heavy (non-hydrogen) atoms. The Balaban J connectivity index is 2.67. The summed E-state index contributed by atoms with van der Waals surface area (Å²) in [6, 6.07) is 0. The van der Waals surface area contributed by atoms with Crippen LogP contribution in [0, 0.1) is 10.8 Å². The summed E-state index contributed by atoms with van der Waals surface area (Å²) in [5.74, 6) is -0.637. The van der Waals surface area contributed by atoms with E-state index < -0.39 is 11.4 Å². The molecule has 1 N–H and O–H groups in total. The summed E-state index contributed by atoms with van der Waals surface area (Å²) < 4.78 is 0. The van der Waals surface area contributed by atoms with Gasteiger partial charge in [-0.25, -0.2) is 0 Å². The minimum Gasteiger partial charge on any atom is -0.481 e. The number of carboxylic acid groups (broad SMARTS) is 1. The zero-order valence-corrected chi connectivity index (χ0v) is 11.0. The maximum Gasteiger partial charge on any atom is 0.310 e. The molecule has 3 nitrogen and oxygen atoms in total. The van der Waals surface area contributed by atoms with Gasteiger partial charge in [0, 0.05) is 13.1 Å². The van der Waals surface area contributed by atoms with Crippen molar-refractivity contribution in [1.82, 2.24) is 4.90 Å². The molecule has 0 spiro atoms. The maximum atomic E-state index is 11.4. The standard InChI is InChI=1S/C13H25NO2/c1-5-13(6-2,11(15)16)10-14-8-7-12(3,4)9-14/h5-10H2,1-4H3,(H,15,16). The van der Waals surface area contributed by atoms with Gasteiger partial charge in [-0.2, -0.15) is 0 Å². The third kappa shape index (κ3) is 2.76. The zero-order chi connectivity index (χ0) is 12.4. The van der Waals surface area contributed by atoms with E-state index in [1.54, 1.807) is 0 Å². The Hall–Kier alpha value is -0.570. The molecular weight excluding hydrogens is 202 g/mol. The minimum atomic E-state index is -0.637. The molecule has 0 radical (unpaired) electrons. The highest BCUT2D eigenvalue weighted by Gasteiger charge is 2.39. The van der Waals surface area contributed by atoms with E-state index in [1.807, 2.05) is 13.8 Å². The van der Waals surface area contributed by atoms with Crippen molar-refractivity contribution < 1.29 is 9.90 Å². The molecule has 3 heteroatoms. The van der Waals surface area contributed by atoms with E-state index in [2.05, 4.69) is 18.7 Å². The van der Waals surface area contributed by atoms with E-state index in [9.17, 15) is 9.90 Å². The SMILES string of the molecule is CCC(CC)(CN1CCC(C)(C)C1)C(=O)O. The first kappa shape index (κ1) is 13.5. The first-order chi connectivity index (χ1) is 7.35. The second-order valence-electron chi connectivity index (χ2n) is 5.92. The fourth-order valence-corrected chi connectivity index (χ4v) is 2.63. The number of likely N-dealkylation sites (tertiary alicyclic amines) is 1. The summed E-state index contributed by atoms with van der Waals surface area (Å²) in [7, 11) is 0. The molecule has 0 aliphatic carbocycles. The number of rotatable bonds is 5. The number of aliphatic carboxylic acids is 1. The predicted octanol–water partition coefficient (Wildman–Crippen LogP) is 2.61. The van der Waals surface area contributed by atoms with Crippen LogP contribution in [0.2, 0.25) is 0 Å². The van der Waals surface area contributed by atoms with Crippen LogP contribution in [0.4, 0.5) is 0 Å². The van der Waals surface area contributed by atoms with Gasteiger partial charge in [-0.15, -0.1) is 0 Å². The topological polar surface area (TPSA) is 40.5 Å². The van der Waals surface area contributed by atoms with Crippen molar-refractivity contribution in [2.45, 2.75) is 47.0 Å². The largest absolute Gasteiger partial charge is 0.481 e. The van der Waals surface area contributed by atoms with Gasteiger partial charge in [0.05, 0.1) is 5.41 Å². The van der Waals surface area contributed by atoms with Crippen LogP contribution in [0.1, 0.15) is 47.0 Å². The minimum absolute atomic E-state index is 0.353. The molecule has 1 heterocycles. The Bertz CT molecular complexity index is 257. The van der Waals surface area contributed by atoms with Gasteiger partial charge < -0.3 is 10.0 Å². The smallest absolute Gasteiger partial charge is 0.310 e. The van der Waals surface area contributed by atoms with E-state index in [1.165, 1.54) is 6.42 Å². The van der Waals surface area contributed by atoms with Gasteiger partial charge in [0.15, 0.2) is 0 Å². The molecule has 0 aromatic rings. The maximum absolute atomic E-state index is 11.4. The molecule has 1 aliphatic heterocycles. The normalized spacial score (nSPS) is 21.2. The number of nitrogens with zero attached hydrogens (tertiary/aromatic N) is 1. The van der Waals surface area contributed by atoms with Gasteiger partial charge in [0.25, 0.3) is 0 Å². The third-order valence-corrected chi connectivity index (χ3v) is 4.09. The molecular formula is C13H25NO2. The predicted molar refractivity (Wildman–Crippen MR) is 65.5 cm³/mol. The second kappa shape index (κ2) is 4.74. The molecule has 1 rings (SSSR count). The van der Waals surface area contributed by atoms with Crippen molar-refractivity contribution in [3.8, 4) is 0 Å². The summed E-state index contributed by atoms with van der Waals surface area (Å²) in [6.07, 6.45) is 2.61. The summed E-state index contributed by atoms with van der Waals surface area (Å²) in [4.78, 5) is 13.7. The number of carboxylic acids is 1. The van der Waals surface area contributed by atoms with Crippen LogP contribution in [0.25, 0.3) is 0 Å². The summed E-state index contributed by atoms with van der Waals surface area (Å²) >= 11 is 0. The van der Waals surface area contributed by atoms with Gasteiger partial charge in [-0.05, 0) is 31.2 Å². The Labute approximate surface area is 98.8 Å². The van der Waals surface area contributed by atoms with Gasteiger partial charge >= 0.3 is 5.97 Å². The van der Waals surface area contributed by atoms with Gasteiger partial charge in [-0.3, -0.25) is 4.79 Å². The highest BCUT2D eigenvalue weighted by Crippen LogP contribution is 2.34. The number of hydrogen-bond acceptors (Lipinski definition) is 2. The summed E-state index contributed by atoms with van der Waals surface area (Å²) in [6.45, 7) is 11.3. The first-order valence-electron chi connectivity index (χ1n) is 6.31. The Kier molecular flexibility index (Phi) is 4.00. The molecule has 0 aromatic heterocycles. The van der Waals surface area contributed by atoms with Crippen LogP contribution in [-0.4, -0.2) is 35.6 Å². The summed E-state index contributed by atoms with van der Waals surface area (Å²) in [5.41, 5.74) is -0.188. The van der Waals surface area contributed by atoms with E-state index in [4.69, 9.17) is 0 Å². The van der Waals surface area contributed by atoms with Crippen molar-refractivity contribution in [2.75, 3.05) is 19.6 Å². The average Bonchev–Trinajstić information content (AvgIpc) is 2.54. The lowest BCUT2D eigenvalue weighted by Crippen LogP contribution is -2.42. The molecule has 0 saturated carbocycles. The van der Waals surface area contributed by atoms with Gasteiger partial charge in [0.1, 0.15) is 0 Å². The average molecular weight is 227 g/mol. The lowest BCUT2D eigenvalue weighted by atomic mass is 9.82. The molecule has 1 saturated heterocycles. The van der Waals surface area contributed by atoms with Crippen molar-refractivity contribution >= 4 is 5.97 Å². The Morgan fingerprint density at radius 3 is 2.25 bits per heavy atom. The van der Waals surface area contributed by atoms with Crippen LogP contribution in [-0.2, 0) is 4.79 Å². The fraction of sp³-hybridized carbons (Fsp3) is 0.923. The second-order valence-corrected chi connectivity index (χ2v) is 5.92. The van der Waals surface area contributed by atoms with Crippen LogP contribution in [0.5, 0.6) is 0 Å². The molecule has 0 atom stereocenters. The molecule has 0 amide bonds. The lowest BCUT2D eigenvalue weighted by Gasteiger charge is -2.32. The number of carbonyl (C=O) groups is 1. The molecule has 0 aromatic carbocycles.